The Kier molecular flexibility index (Phi) is 4.16. The zero-order valence-corrected chi connectivity index (χ0v) is 15.6. The van der Waals surface area contributed by atoms with Crippen LogP contribution in [0.1, 0.15) is 21.6 Å². The molecule has 3 N–H and O–H groups in total. The van der Waals surface area contributed by atoms with Gasteiger partial charge in [-0.3, -0.25) is 4.79 Å². The zero-order chi connectivity index (χ0) is 19.2. The Labute approximate surface area is 160 Å². The molecule has 0 atom stereocenters. The smallest absolute Gasteiger partial charge is 0.276 e. The largest absolute Gasteiger partial charge is 0.364 e. The fourth-order valence-corrected chi connectivity index (χ4v) is 4.52. The number of halogens is 1. The molecule has 0 spiro atoms. The molecular formula is C18H15ClN4O3S. The van der Waals surface area contributed by atoms with Gasteiger partial charge in [-0.2, -0.15) is 18.0 Å². The quantitative estimate of drug-likeness (QED) is 0.698. The molecule has 0 unspecified atom stereocenters. The summed E-state index contributed by atoms with van der Waals surface area (Å²) in [7, 11) is -3.97. The molecule has 27 heavy (non-hydrogen) atoms. The van der Waals surface area contributed by atoms with Crippen molar-refractivity contribution >= 4 is 27.5 Å². The minimum Gasteiger partial charge on any atom is -0.364 e. The topological polar surface area (TPSA) is 107 Å². The number of benzene rings is 2. The second-order valence-electron chi connectivity index (χ2n) is 6.16. The first-order valence-electron chi connectivity index (χ1n) is 8.15. The first-order chi connectivity index (χ1) is 12.9. The number of carbonyl (C=O) groups is 1. The standard InChI is InChI=1S/C18H15ClN4O3S/c19-12-5-3-6-13(10-12)27(25,26)22-23-17-14-7-2-1-4-11(14)8-9-15(17)16(21-23)18(20)24/h1-7,10,22H,8-9H2,(H2,20,24). The Hall–Kier alpha value is -2.84. The lowest BCUT2D eigenvalue weighted by atomic mass is 9.89. The van der Waals surface area contributed by atoms with Crippen molar-refractivity contribution in [2.75, 3.05) is 4.83 Å². The summed E-state index contributed by atoms with van der Waals surface area (Å²) < 4.78 is 25.6. The van der Waals surface area contributed by atoms with Gasteiger partial charge in [-0.25, -0.2) is 0 Å². The molecule has 1 heterocycles. The Morgan fingerprint density at radius 2 is 1.93 bits per heavy atom. The highest BCUT2D eigenvalue weighted by Crippen LogP contribution is 2.35. The number of nitrogens with one attached hydrogen (secondary N) is 1. The van der Waals surface area contributed by atoms with Crippen molar-refractivity contribution in [2.24, 2.45) is 5.73 Å². The van der Waals surface area contributed by atoms with Gasteiger partial charge in [-0.15, -0.1) is 5.10 Å². The van der Waals surface area contributed by atoms with Crippen molar-refractivity contribution in [3.63, 3.8) is 0 Å². The number of hydrogen-bond donors (Lipinski definition) is 2. The van der Waals surface area contributed by atoms with E-state index in [0.29, 0.717) is 22.7 Å². The van der Waals surface area contributed by atoms with Gasteiger partial charge in [0.15, 0.2) is 5.69 Å². The van der Waals surface area contributed by atoms with Crippen molar-refractivity contribution in [1.29, 1.82) is 0 Å². The number of rotatable bonds is 4. The van der Waals surface area contributed by atoms with Crippen molar-refractivity contribution in [2.45, 2.75) is 17.7 Å². The number of aryl methyl sites for hydroxylation is 1. The maximum atomic E-state index is 12.8. The highest BCUT2D eigenvalue weighted by Gasteiger charge is 2.29. The zero-order valence-electron chi connectivity index (χ0n) is 14.0. The second-order valence-corrected chi connectivity index (χ2v) is 8.26. The summed E-state index contributed by atoms with van der Waals surface area (Å²) in [5.74, 6) is -0.702. The molecule has 0 saturated carbocycles. The van der Waals surface area contributed by atoms with E-state index in [9.17, 15) is 13.2 Å². The number of carbonyl (C=O) groups excluding carboxylic acids is 1. The monoisotopic (exact) mass is 402 g/mol. The Morgan fingerprint density at radius 1 is 1.15 bits per heavy atom. The number of nitrogens with two attached hydrogens (primary N) is 1. The summed E-state index contributed by atoms with van der Waals surface area (Å²) in [5, 5.41) is 4.44. The lowest BCUT2D eigenvalue weighted by Gasteiger charge is -2.19. The Morgan fingerprint density at radius 3 is 2.67 bits per heavy atom. The summed E-state index contributed by atoms with van der Waals surface area (Å²) in [6.07, 6.45) is 1.26. The minimum atomic E-state index is -3.97. The molecule has 7 nitrogen and oxygen atoms in total. The first kappa shape index (κ1) is 17.6. The van der Waals surface area contributed by atoms with Crippen molar-refractivity contribution < 1.29 is 13.2 Å². The molecule has 0 fully saturated rings. The van der Waals surface area contributed by atoms with Gasteiger partial charge in [0.25, 0.3) is 15.9 Å². The second kappa shape index (κ2) is 6.40. The summed E-state index contributed by atoms with van der Waals surface area (Å²) >= 11 is 5.91. The van der Waals surface area contributed by atoms with Crippen LogP contribution in [-0.2, 0) is 22.9 Å². The van der Waals surface area contributed by atoms with Gasteiger partial charge in [0.1, 0.15) is 0 Å². The molecule has 1 amide bonds. The molecule has 0 saturated heterocycles. The number of sulfonamides is 1. The number of primary amides is 1. The van der Waals surface area contributed by atoms with Crippen molar-refractivity contribution in [1.82, 2.24) is 9.89 Å². The van der Waals surface area contributed by atoms with Crippen LogP contribution in [0.3, 0.4) is 0 Å². The van der Waals surface area contributed by atoms with E-state index in [4.69, 9.17) is 17.3 Å². The normalized spacial score (nSPS) is 12.9. The van der Waals surface area contributed by atoms with Gasteiger partial charge in [-0.05, 0) is 36.6 Å². The third kappa shape index (κ3) is 3.07. The van der Waals surface area contributed by atoms with E-state index in [-0.39, 0.29) is 10.6 Å². The van der Waals surface area contributed by atoms with Crippen LogP contribution in [0.4, 0.5) is 0 Å². The van der Waals surface area contributed by atoms with Gasteiger partial charge in [0.2, 0.25) is 0 Å². The average molecular weight is 403 g/mol. The maximum absolute atomic E-state index is 12.8. The van der Waals surface area contributed by atoms with Crippen LogP contribution in [0, 0.1) is 0 Å². The molecule has 0 radical (unpaired) electrons. The van der Waals surface area contributed by atoms with Crippen LogP contribution in [-0.4, -0.2) is 24.2 Å². The SMILES string of the molecule is NC(=O)c1nn(NS(=O)(=O)c2cccc(Cl)c2)c2c1CCc1ccccc1-2. The van der Waals surface area contributed by atoms with Crippen molar-refractivity contribution in [3.8, 4) is 11.3 Å². The summed E-state index contributed by atoms with van der Waals surface area (Å²) in [6, 6.07) is 13.5. The van der Waals surface area contributed by atoms with Gasteiger partial charge in [-0.1, -0.05) is 41.9 Å². The van der Waals surface area contributed by atoms with Crippen LogP contribution in [0.15, 0.2) is 53.4 Å². The van der Waals surface area contributed by atoms with E-state index in [1.165, 1.54) is 12.1 Å². The number of nitrogens with zero attached hydrogens (tertiary/aromatic N) is 2. The number of fused-ring (bicyclic) bond motifs is 3. The molecule has 1 aromatic heterocycles. The number of aromatic nitrogens is 2. The van der Waals surface area contributed by atoms with Crippen LogP contribution >= 0.6 is 11.6 Å². The Bertz CT molecular complexity index is 1170. The molecule has 3 aromatic rings. The molecule has 1 aliphatic carbocycles. The molecule has 0 aliphatic heterocycles. The Balaban J connectivity index is 1.86. The predicted molar refractivity (Wildman–Crippen MR) is 102 cm³/mol. The summed E-state index contributed by atoms with van der Waals surface area (Å²) in [5.41, 5.74) is 8.54. The fourth-order valence-electron chi connectivity index (χ4n) is 3.26. The van der Waals surface area contributed by atoms with Gasteiger partial charge in [0.05, 0.1) is 10.6 Å². The maximum Gasteiger partial charge on any atom is 0.276 e. The van der Waals surface area contributed by atoms with Crippen LogP contribution < -0.4 is 10.6 Å². The van der Waals surface area contributed by atoms with E-state index in [1.54, 1.807) is 12.1 Å². The predicted octanol–water partition coefficient (Wildman–Crippen LogP) is 2.33. The third-order valence-corrected chi connectivity index (χ3v) is 5.97. The molecule has 4 rings (SSSR count). The molecule has 9 heteroatoms. The van der Waals surface area contributed by atoms with Gasteiger partial charge < -0.3 is 5.73 Å². The highest BCUT2D eigenvalue weighted by molar-refractivity contribution is 7.92. The van der Waals surface area contributed by atoms with Crippen molar-refractivity contribution in [3.05, 3.63) is 70.4 Å². The van der Waals surface area contributed by atoms with E-state index >= 15 is 0 Å². The van der Waals surface area contributed by atoms with Crippen LogP contribution in [0.2, 0.25) is 5.02 Å². The third-order valence-electron chi connectivity index (χ3n) is 4.45. The molecular weight excluding hydrogens is 388 g/mol. The lowest BCUT2D eigenvalue weighted by Crippen LogP contribution is -2.26. The fraction of sp³-hybridized carbons (Fsp3) is 0.111. The minimum absolute atomic E-state index is 0.0102. The summed E-state index contributed by atoms with van der Waals surface area (Å²) in [6.45, 7) is 0. The van der Waals surface area contributed by atoms with E-state index in [1.807, 2.05) is 24.3 Å². The van der Waals surface area contributed by atoms with Crippen LogP contribution in [0.25, 0.3) is 11.3 Å². The number of amides is 1. The molecule has 138 valence electrons. The first-order valence-corrected chi connectivity index (χ1v) is 10.0. The molecule has 2 aromatic carbocycles. The van der Waals surface area contributed by atoms with E-state index in [2.05, 4.69) is 9.93 Å². The highest BCUT2D eigenvalue weighted by atomic mass is 35.5. The molecule has 0 bridgehead atoms. The average Bonchev–Trinajstić information content (AvgIpc) is 3.00. The lowest BCUT2D eigenvalue weighted by molar-refractivity contribution is 0.0994. The van der Waals surface area contributed by atoms with Gasteiger partial charge in [0, 0.05) is 16.1 Å². The van der Waals surface area contributed by atoms with Crippen LogP contribution in [0.5, 0.6) is 0 Å². The van der Waals surface area contributed by atoms with Gasteiger partial charge >= 0.3 is 0 Å². The molecule has 1 aliphatic rings. The van der Waals surface area contributed by atoms with E-state index < -0.39 is 15.9 Å². The van der Waals surface area contributed by atoms with E-state index in [0.717, 1.165) is 22.3 Å². The number of hydrogen-bond acceptors (Lipinski definition) is 4. The summed E-state index contributed by atoms with van der Waals surface area (Å²) in [4.78, 5) is 15.4.